The summed E-state index contributed by atoms with van der Waals surface area (Å²) < 4.78 is 16.1. The van der Waals surface area contributed by atoms with Gasteiger partial charge in [-0.2, -0.15) is 0 Å². The summed E-state index contributed by atoms with van der Waals surface area (Å²) >= 11 is 0. The van der Waals surface area contributed by atoms with E-state index >= 15 is 0 Å². The van der Waals surface area contributed by atoms with E-state index in [1.807, 2.05) is 32.2 Å². The lowest BCUT2D eigenvalue weighted by Gasteiger charge is -2.58. The van der Waals surface area contributed by atoms with E-state index in [1.165, 1.54) is 123 Å². The molecule has 0 aliphatic heterocycles. The van der Waals surface area contributed by atoms with Crippen LogP contribution in [0, 0.1) is 46.3 Å². The molecule has 4 rings (SSSR count). The van der Waals surface area contributed by atoms with Gasteiger partial charge in [0.2, 0.25) is 0 Å². The highest BCUT2D eigenvalue weighted by Gasteiger charge is 2.59. The summed E-state index contributed by atoms with van der Waals surface area (Å²) in [6.45, 7) is 20.3. The lowest BCUT2D eigenvalue weighted by molar-refractivity contribution is -0.308. The minimum absolute atomic E-state index is 0.153. The molecule has 0 N–H and O–H groups in total. The molecule has 4 aliphatic carbocycles. The molecule has 0 saturated heterocycles. The van der Waals surface area contributed by atoms with Gasteiger partial charge in [-0.15, -0.1) is 6.58 Å². The number of nitrogens with zero attached hydrogens (tertiary/aromatic N) is 1. The molecule has 71 heavy (non-hydrogen) atoms. The van der Waals surface area contributed by atoms with E-state index in [-0.39, 0.29) is 25.3 Å². The van der Waals surface area contributed by atoms with Gasteiger partial charge in [-0.1, -0.05) is 141 Å². The average molecular weight is 995 g/mol. The quantitative estimate of drug-likeness (QED) is 0.0155. The van der Waals surface area contributed by atoms with Gasteiger partial charge in [0, 0.05) is 27.1 Å². The van der Waals surface area contributed by atoms with Crippen LogP contribution in [-0.4, -0.2) is 84.0 Å². The van der Waals surface area contributed by atoms with Crippen LogP contribution in [0.2, 0.25) is 0 Å². The highest BCUT2D eigenvalue weighted by Crippen LogP contribution is 2.67. The van der Waals surface area contributed by atoms with Crippen LogP contribution < -0.4 is 0 Å². The molecular weight excluding hydrogens is 883 g/mol. The lowest BCUT2D eigenvalue weighted by atomic mass is 9.47. The Morgan fingerprint density at radius 2 is 1.46 bits per heavy atom. The van der Waals surface area contributed by atoms with E-state index in [4.69, 9.17) is 24.0 Å². The lowest BCUT2D eigenvalue weighted by Crippen LogP contribution is -2.50. The number of hydrogen-bond donors (Lipinski definition) is 0. The molecule has 0 aromatic rings. The molecule has 4 aliphatic rings. The van der Waals surface area contributed by atoms with Crippen LogP contribution in [0.25, 0.3) is 0 Å². The number of esters is 1. The van der Waals surface area contributed by atoms with Crippen LogP contribution in [0.1, 0.15) is 215 Å². The molecule has 3 fully saturated rings. The molecule has 0 heterocycles. The van der Waals surface area contributed by atoms with Crippen LogP contribution in [0.5, 0.6) is 0 Å². The molecule has 0 radical (unpaired) electrons. The molecule has 0 aromatic carbocycles. The van der Waals surface area contributed by atoms with Crippen LogP contribution in [0.15, 0.2) is 60.8 Å². The maximum atomic E-state index is 11.6. The Morgan fingerprint density at radius 3 is 2.14 bits per heavy atom. The summed E-state index contributed by atoms with van der Waals surface area (Å²) in [6.07, 6.45) is 51.7. The number of fused-ring (bicyclic) bond motifs is 5. The number of aldehydes is 1. The third kappa shape index (κ3) is 25.6. The van der Waals surface area contributed by atoms with Crippen LogP contribution in [-0.2, 0) is 33.6 Å². The van der Waals surface area contributed by atoms with Gasteiger partial charge >= 0.3 is 5.97 Å². The van der Waals surface area contributed by atoms with E-state index < -0.39 is 0 Å². The van der Waals surface area contributed by atoms with E-state index in [0.717, 1.165) is 93.3 Å². The molecule has 3 saturated carbocycles. The summed E-state index contributed by atoms with van der Waals surface area (Å²) in [6, 6.07) is 0. The maximum Gasteiger partial charge on any atom is 0.305 e. The first kappa shape index (κ1) is 64.8. The summed E-state index contributed by atoms with van der Waals surface area (Å²) in [4.78, 5) is 33.8. The topological polar surface area (TPSA) is 83.5 Å². The largest absolute Gasteiger partial charge is 0.463 e. The van der Waals surface area contributed by atoms with Gasteiger partial charge in [0.15, 0.2) is 0 Å². The Hall–Kier alpha value is -2.36. The van der Waals surface area contributed by atoms with Crippen LogP contribution in [0.3, 0.4) is 0 Å². The minimum Gasteiger partial charge on any atom is -0.463 e. The van der Waals surface area contributed by atoms with E-state index in [1.54, 1.807) is 5.57 Å². The first-order valence-electron chi connectivity index (χ1n) is 29.1. The van der Waals surface area contributed by atoms with Crippen molar-refractivity contribution in [3.05, 3.63) is 60.8 Å². The zero-order chi connectivity index (χ0) is 52.2. The zero-order valence-electron chi connectivity index (χ0n) is 47.7. The molecule has 0 bridgehead atoms. The number of methoxy groups -OCH3 is 2. The summed E-state index contributed by atoms with van der Waals surface area (Å²) in [5, 5.41) is 0. The molecule has 0 amide bonds. The third-order valence-corrected chi connectivity index (χ3v) is 16.8. The number of carbonyl (C=O) groups excluding carboxylic acids is 2. The predicted molar refractivity (Wildman–Crippen MR) is 299 cm³/mol. The van der Waals surface area contributed by atoms with Gasteiger partial charge in [0.25, 0.3) is 0 Å². The van der Waals surface area contributed by atoms with Crippen molar-refractivity contribution in [3.63, 3.8) is 0 Å². The number of allylic oxidation sites excluding steroid dienone is 8. The minimum atomic E-state index is -0.345. The number of ether oxygens (including phenoxy) is 3. The monoisotopic (exact) mass is 994 g/mol. The average Bonchev–Trinajstić information content (AvgIpc) is 3.71. The van der Waals surface area contributed by atoms with Gasteiger partial charge in [-0.05, 0) is 183 Å². The third-order valence-electron chi connectivity index (χ3n) is 16.8. The Bertz CT molecular complexity index is 1500. The second-order valence-corrected chi connectivity index (χ2v) is 22.9. The van der Waals surface area contributed by atoms with Gasteiger partial charge in [0.1, 0.15) is 25.6 Å². The fourth-order valence-electron chi connectivity index (χ4n) is 12.5. The van der Waals surface area contributed by atoms with Crippen LogP contribution in [0.4, 0.5) is 0 Å². The van der Waals surface area contributed by atoms with Gasteiger partial charge in [-0.3, -0.25) is 4.79 Å². The number of carbonyl (C=O) groups is 2. The number of rotatable bonds is 35. The highest BCUT2D eigenvalue weighted by atomic mass is 17.2. The van der Waals surface area contributed by atoms with E-state index in [2.05, 4.69) is 90.7 Å². The van der Waals surface area contributed by atoms with Crippen molar-refractivity contribution in [1.82, 2.24) is 4.90 Å². The number of hydrogen-bond acceptors (Lipinski definition) is 8. The fourth-order valence-corrected chi connectivity index (χ4v) is 12.5. The Kier molecular flexibility index (Phi) is 35.7. The maximum absolute atomic E-state index is 11.6. The molecule has 410 valence electrons. The van der Waals surface area contributed by atoms with Gasteiger partial charge in [0.05, 0.1) is 12.7 Å². The smallest absolute Gasteiger partial charge is 0.305 e. The SMILES string of the molecule is C=CCCCCCCC/C=C\C/C=C\C/C=C\CC.COC(COOCCCCCC=O)COC(=O)CCCN(C)C.COC1CCC2(C)C(=CCC3C2CCC2(C)C(C(C)CCCC(C)C)CCC32)C1. The van der Waals surface area contributed by atoms with Gasteiger partial charge in [-0.25, -0.2) is 9.78 Å². The second kappa shape index (κ2) is 39.1. The molecule has 8 heteroatoms. The van der Waals surface area contributed by atoms with Crippen molar-refractivity contribution in [3.8, 4) is 0 Å². The Labute approximate surface area is 437 Å². The van der Waals surface area contributed by atoms with Crippen molar-refractivity contribution < 1.29 is 33.6 Å². The summed E-state index contributed by atoms with van der Waals surface area (Å²) in [5.74, 6) is 5.40. The first-order valence-corrected chi connectivity index (χ1v) is 29.1. The highest BCUT2D eigenvalue weighted by molar-refractivity contribution is 5.69. The molecule has 0 spiro atoms. The molecule has 9 unspecified atom stereocenters. The zero-order valence-corrected chi connectivity index (χ0v) is 47.7. The van der Waals surface area contributed by atoms with Gasteiger partial charge < -0.3 is 23.9 Å². The number of unbranched alkanes of at least 4 members (excludes halogenated alkanes) is 9. The van der Waals surface area contributed by atoms with Crippen molar-refractivity contribution in [2.75, 3.05) is 54.7 Å². The second-order valence-electron chi connectivity index (χ2n) is 22.9. The van der Waals surface area contributed by atoms with Crippen molar-refractivity contribution >= 4 is 12.3 Å². The fraction of sp³-hybridized carbons (Fsp3) is 0.810. The molecule has 9 atom stereocenters. The summed E-state index contributed by atoms with van der Waals surface area (Å²) in [7, 11) is 7.37. The molecule has 0 aromatic heterocycles. The van der Waals surface area contributed by atoms with Crippen molar-refractivity contribution in [1.29, 1.82) is 0 Å². The van der Waals surface area contributed by atoms with Crippen molar-refractivity contribution in [2.24, 2.45) is 46.3 Å². The normalized spacial score (nSPS) is 25.7. The molecule has 8 nitrogen and oxygen atoms in total. The molecular formula is C63H111NO7. The predicted octanol–water partition coefficient (Wildman–Crippen LogP) is 16.4. The summed E-state index contributed by atoms with van der Waals surface area (Å²) in [5.41, 5.74) is 2.85. The van der Waals surface area contributed by atoms with Crippen molar-refractivity contribution in [2.45, 2.75) is 227 Å². The standard InChI is InChI=1S/C28H48O.C19H32.C16H31NO6/c1-19(2)8-7-9-20(3)24-12-13-25-23-11-10-21-18-22(29-6)14-16-27(21,4)26(23)15-17-28(24,25)5;1-3-5-7-9-11-13-15-17-19-18-16-14-12-10-8-6-4-2;1-17(2)10-8-9-16(19)21-13-15(20-3)14-23-22-12-7-5-4-6-11-18/h10,19-20,22-26H,7-9,11-18H2,1-6H3;3,6,8,12,14,18-19H,1,4-5,7,9-11,13,15-17H2,2H3;11,15H,4-10,12-14H2,1-3H3/b;8-6-,14-12-,19-18-;. The van der Waals surface area contributed by atoms with E-state index in [9.17, 15) is 9.59 Å². The first-order chi connectivity index (χ1) is 34.3. The van der Waals surface area contributed by atoms with E-state index in [0.29, 0.717) is 36.4 Å². The van der Waals surface area contributed by atoms with Crippen LogP contribution >= 0.6 is 0 Å². The Morgan fingerprint density at radius 1 is 0.775 bits per heavy atom. The Balaban J connectivity index is 0.000000376.